The van der Waals surface area contributed by atoms with Crippen molar-refractivity contribution in [2.75, 3.05) is 19.6 Å². The lowest BCUT2D eigenvalue weighted by atomic mass is 10.1. The quantitative estimate of drug-likeness (QED) is 0.837. The molecule has 1 saturated heterocycles. The number of likely N-dealkylation sites (tertiary alicyclic amines) is 1. The number of carbonyl (C=O) groups excluding carboxylic acids is 1. The summed E-state index contributed by atoms with van der Waals surface area (Å²) in [6.45, 7) is 2.88. The van der Waals surface area contributed by atoms with Gasteiger partial charge in [-0.25, -0.2) is 4.79 Å². The van der Waals surface area contributed by atoms with Crippen molar-refractivity contribution in [2.24, 2.45) is 5.73 Å². The van der Waals surface area contributed by atoms with E-state index >= 15 is 0 Å². The fraction of sp³-hybridized carbons (Fsp3) is 0.417. The molecule has 1 aromatic carbocycles. The van der Waals surface area contributed by atoms with E-state index in [0.29, 0.717) is 0 Å². The van der Waals surface area contributed by atoms with E-state index in [4.69, 9.17) is 10.5 Å². The number of nitrogens with two attached hydrogens (primary N) is 1. The van der Waals surface area contributed by atoms with Crippen molar-refractivity contribution in [1.29, 1.82) is 0 Å². The van der Waals surface area contributed by atoms with Gasteiger partial charge in [-0.05, 0) is 25.1 Å². The number of rotatable bonds is 4. The largest absolute Gasteiger partial charge is 0.440 e. The third-order valence-electron chi connectivity index (χ3n) is 2.80. The van der Waals surface area contributed by atoms with Gasteiger partial charge in [0.2, 0.25) is 0 Å². The van der Waals surface area contributed by atoms with Crippen LogP contribution in [-0.2, 0) is 4.74 Å². The van der Waals surface area contributed by atoms with Crippen LogP contribution in [0.5, 0.6) is 0 Å². The molecule has 0 bridgehead atoms. The van der Waals surface area contributed by atoms with Gasteiger partial charge in [-0.2, -0.15) is 0 Å². The fourth-order valence-electron chi connectivity index (χ4n) is 1.82. The first-order valence-electron chi connectivity index (χ1n) is 5.49. The van der Waals surface area contributed by atoms with Gasteiger partial charge in [-0.1, -0.05) is 30.3 Å². The number of carbonyl (C=O) groups is 1. The lowest BCUT2D eigenvalue weighted by Crippen LogP contribution is -2.41. The summed E-state index contributed by atoms with van der Waals surface area (Å²) in [6, 6.07) is 9.71. The summed E-state index contributed by atoms with van der Waals surface area (Å²) in [5, 5.41) is 0. The summed E-state index contributed by atoms with van der Waals surface area (Å²) in [5.74, 6) is 0. The first kappa shape index (κ1) is 11.0. The van der Waals surface area contributed by atoms with Crippen LogP contribution in [0.25, 0.3) is 0 Å². The van der Waals surface area contributed by atoms with Crippen molar-refractivity contribution in [2.45, 2.75) is 12.5 Å². The van der Waals surface area contributed by atoms with Crippen LogP contribution >= 0.6 is 0 Å². The molecule has 0 aliphatic carbocycles. The van der Waals surface area contributed by atoms with E-state index in [1.165, 1.54) is 6.42 Å². The van der Waals surface area contributed by atoms with E-state index < -0.39 is 6.09 Å². The van der Waals surface area contributed by atoms with Crippen LogP contribution in [0.4, 0.5) is 4.79 Å². The SMILES string of the molecule is NC(=O)OC(CN1CCC1)c1ccccc1. The predicted molar refractivity (Wildman–Crippen MR) is 60.9 cm³/mol. The summed E-state index contributed by atoms with van der Waals surface area (Å²) in [4.78, 5) is 13.1. The predicted octanol–water partition coefficient (Wildman–Crippen LogP) is 1.53. The Kier molecular flexibility index (Phi) is 3.41. The van der Waals surface area contributed by atoms with Gasteiger partial charge in [0.05, 0.1) is 0 Å². The van der Waals surface area contributed by atoms with Gasteiger partial charge in [-0.15, -0.1) is 0 Å². The Labute approximate surface area is 95.0 Å². The van der Waals surface area contributed by atoms with E-state index in [1.54, 1.807) is 0 Å². The highest BCUT2D eigenvalue weighted by molar-refractivity contribution is 5.65. The molecule has 0 spiro atoms. The molecule has 0 radical (unpaired) electrons. The van der Waals surface area contributed by atoms with E-state index in [2.05, 4.69) is 4.90 Å². The van der Waals surface area contributed by atoms with Gasteiger partial charge in [0.15, 0.2) is 0 Å². The van der Waals surface area contributed by atoms with Crippen molar-refractivity contribution in [3.63, 3.8) is 0 Å². The molecule has 1 atom stereocenters. The van der Waals surface area contributed by atoms with Gasteiger partial charge in [0, 0.05) is 6.54 Å². The van der Waals surface area contributed by atoms with Crippen molar-refractivity contribution < 1.29 is 9.53 Å². The Balaban J connectivity index is 2.04. The number of benzene rings is 1. The third kappa shape index (κ3) is 2.73. The molecule has 1 aliphatic rings. The van der Waals surface area contributed by atoms with Crippen molar-refractivity contribution in [3.8, 4) is 0 Å². The van der Waals surface area contributed by atoms with E-state index in [1.807, 2.05) is 30.3 Å². The Morgan fingerprint density at radius 1 is 1.38 bits per heavy atom. The lowest BCUT2D eigenvalue weighted by molar-refractivity contribution is 0.0559. The van der Waals surface area contributed by atoms with Crippen LogP contribution < -0.4 is 5.73 Å². The smallest absolute Gasteiger partial charge is 0.405 e. The van der Waals surface area contributed by atoms with E-state index in [-0.39, 0.29) is 6.10 Å². The highest BCUT2D eigenvalue weighted by atomic mass is 16.6. The maximum Gasteiger partial charge on any atom is 0.405 e. The van der Waals surface area contributed by atoms with Gasteiger partial charge in [0.25, 0.3) is 0 Å². The van der Waals surface area contributed by atoms with Crippen LogP contribution in [0.15, 0.2) is 30.3 Å². The van der Waals surface area contributed by atoms with Crippen LogP contribution in [0.1, 0.15) is 18.1 Å². The Hall–Kier alpha value is -1.55. The average Bonchev–Trinajstić information content (AvgIpc) is 2.22. The van der Waals surface area contributed by atoms with Crippen LogP contribution in [0.2, 0.25) is 0 Å². The molecule has 0 aromatic heterocycles. The summed E-state index contributed by atoms with van der Waals surface area (Å²) in [5.41, 5.74) is 6.08. The second kappa shape index (κ2) is 4.99. The third-order valence-corrected chi connectivity index (χ3v) is 2.80. The molecule has 1 heterocycles. The summed E-state index contributed by atoms with van der Waals surface area (Å²) >= 11 is 0. The minimum Gasteiger partial charge on any atom is -0.440 e. The van der Waals surface area contributed by atoms with Gasteiger partial charge < -0.3 is 10.5 Å². The molecular formula is C12H16N2O2. The monoisotopic (exact) mass is 220 g/mol. The molecule has 2 rings (SSSR count). The molecule has 4 heteroatoms. The molecule has 0 saturated carbocycles. The number of nitrogens with zero attached hydrogens (tertiary/aromatic N) is 1. The second-order valence-corrected chi connectivity index (χ2v) is 3.99. The van der Waals surface area contributed by atoms with Crippen LogP contribution in [0.3, 0.4) is 0 Å². The first-order chi connectivity index (χ1) is 7.75. The molecule has 4 nitrogen and oxygen atoms in total. The van der Waals surface area contributed by atoms with Crippen molar-refractivity contribution in [1.82, 2.24) is 4.90 Å². The highest BCUT2D eigenvalue weighted by Crippen LogP contribution is 2.20. The topological polar surface area (TPSA) is 55.6 Å². The van der Waals surface area contributed by atoms with Crippen molar-refractivity contribution >= 4 is 6.09 Å². The summed E-state index contributed by atoms with van der Waals surface area (Å²) < 4.78 is 5.14. The second-order valence-electron chi connectivity index (χ2n) is 3.99. The molecule has 86 valence electrons. The molecule has 1 fully saturated rings. The number of primary amides is 1. The van der Waals surface area contributed by atoms with Crippen LogP contribution in [-0.4, -0.2) is 30.6 Å². The molecule has 2 N–H and O–H groups in total. The summed E-state index contributed by atoms with van der Waals surface area (Å²) in [7, 11) is 0. The average molecular weight is 220 g/mol. The number of hydrogen-bond acceptors (Lipinski definition) is 3. The lowest BCUT2D eigenvalue weighted by Gasteiger charge is -2.33. The minimum atomic E-state index is -0.714. The molecular weight excluding hydrogens is 204 g/mol. The normalized spacial score (nSPS) is 17.5. The molecule has 1 amide bonds. The molecule has 1 aromatic rings. The summed E-state index contributed by atoms with van der Waals surface area (Å²) in [6.07, 6.45) is 0.256. The van der Waals surface area contributed by atoms with E-state index in [9.17, 15) is 4.79 Å². The minimum absolute atomic E-state index is 0.251. The molecule has 16 heavy (non-hydrogen) atoms. The van der Waals surface area contributed by atoms with Crippen molar-refractivity contribution in [3.05, 3.63) is 35.9 Å². The first-order valence-corrected chi connectivity index (χ1v) is 5.49. The maximum atomic E-state index is 10.9. The molecule has 1 unspecified atom stereocenters. The van der Waals surface area contributed by atoms with Gasteiger partial charge >= 0.3 is 6.09 Å². The van der Waals surface area contributed by atoms with Gasteiger partial charge in [-0.3, -0.25) is 4.90 Å². The van der Waals surface area contributed by atoms with Gasteiger partial charge in [0.1, 0.15) is 6.10 Å². The Morgan fingerprint density at radius 3 is 2.56 bits per heavy atom. The fourth-order valence-corrected chi connectivity index (χ4v) is 1.82. The number of ether oxygens (including phenoxy) is 1. The Morgan fingerprint density at radius 2 is 2.06 bits per heavy atom. The Bertz CT molecular complexity index is 349. The van der Waals surface area contributed by atoms with Crippen LogP contribution in [0, 0.1) is 0 Å². The zero-order valence-corrected chi connectivity index (χ0v) is 9.13. The number of amides is 1. The number of hydrogen-bond donors (Lipinski definition) is 1. The molecule has 1 aliphatic heterocycles. The van der Waals surface area contributed by atoms with E-state index in [0.717, 1.165) is 25.2 Å². The zero-order valence-electron chi connectivity index (χ0n) is 9.13. The highest BCUT2D eigenvalue weighted by Gasteiger charge is 2.22. The zero-order chi connectivity index (χ0) is 11.4. The standard InChI is InChI=1S/C12H16N2O2/c13-12(15)16-11(9-14-7-4-8-14)10-5-2-1-3-6-10/h1-3,5-6,11H,4,7-9H2,(H2,13,15). The maximum absolute atomic E-state index is 10.9.